The number of carbonyl (C=O) groups excluding carboxylic acids is 1. The third-order valence-electron chi connectivity index (χ3n) is 5.00. The average molecular weight is 426 g/mol. The standard InChI is InChI=1S/C23H18N6O3/c30-22(19-12-18(26-27-19)21-9-5-11-32-21)25-13-20-16-7-1-2-8-17(16)23(31)29(28-20)14-15-6-3-4-10-24-15/h1-12H,13-14H2,(H,25,30)(H,26,27). The van der Waals surface area contributed by atoms with Gasteiger partial charge in [0.05, 0.1) is 36.1 Å². The van der Waals surface area contributed by atoms with Crippen molar-refractivity contribution in [2.45, 2.75) is 13.1 Å². The first-order valence-electron chi connectivity index (χ1n) is 9.95. The zero-order valence-corrected chi connectivity index (χ0v) is 16.9. The topological polar surface area (TPSA) is 119 Å². The number of rotatable bonds is 6. The van der Waals surface area contributed by atoms with Crippen molar-refractivity contribution in [1.29, 1.82) is 0 Å². The van der Waals surface area contributed by atoms with Gasteiger partial charge in [0, 0.05) is 17.6 Å². The second kappa shape index (κ2) is 8.31. The Hall–Kier alpha value is -4.53. The van der Waals surface area contributed by atoms with E-state index in [0.29, 0.717) is 33.6 Å². The van der Waals surface area contributed by atoms with Gasteiger partial charge < -0.3 is 9.73 Å². The van der Waals surface area contributed by atoms with Crippen LogP contribution in [0.2, 0.25) is 0 Å². The number of nitrogens with one attached hydrogen (secondary N) is 2. The van der Waals surface area contributed by atoms with Gasteiger partial charge in [-0.15, -0.1) is 0 Å². The minimum atomic E-state index is -0.368. The average Bonchev–Trinajstić information content (AvgIpc) is 3.53. The van der Waals surface area contributed by atoms with Crippen LogP contribution in [-0.4, -0.2) is 30.9 Å². The van der Waals surface area contributed by atoms with Crippen molar-refractivity contribution in [2.24, 2.45) is 0 Å². The Kier molecular flexibility index (Phi) is 5.04. The molecule has 0 atom stereocenters. The third kappa shape index (κ3) is 3.79. The smallest absolute Gasteiger partial charge is 0.275 e. The number of nitrogens with zero attached hydrogens (tertiary/aromatic N) is 4. The molecule has 0 aliphatic rings. The van der Waals surface area contributed by atoms with Crippen LogP contribution in [0.4, 0.5) is 0 Å². The van der Waals surface area contributed by atoms with Crippen LogP contribution in [-0.2, 0) is 13.1 Å². The lowest BCUT2D eigenvalue weighted by Gasteiger charge is -2.11. The lowest BCUT2D eigenvalue weighted by Crippen LogP contribution is -2.29. The molecule has 9 nitrogen and oxygen atoms in total. The van der Waals surface area contributed by atoms with E-state index in [2.05, 4.69) is 25.6 Å². The molecule has 5 aromatic rings. The van der Waals surface area contributed by atoms with Crippen molar-refractivity contribution in [3.05, 3.63) is 101 Å². The maximum absolute atomic E-state index is 12.9. The first-order chi connectivity index (χ1) is 15.7. The minimum absolute atomic E-state index is 0.130. The van der Waals surface area contributed by atoms with E-state index in [1.54, 1.807) is 42.8 Å². The molecule has 0 spiro atoms. The number of furan rings is 1. The van der Waals surface area contributed by atoms with E-state index in [9.17, 15) is 9.59 Å². The number of fused-ring (bicyclic) bond motifs is 1. The molecule has 0 unspecified atom stereocenters. The van der Waals surface area contributed by atoms with Crippen molar-refractivity contribution < 1.29 is 9.21 Å². The van der Waals surface area contributed by atoms with Gasteiger partial charge >= 0.3 is 0 Å². The Morgan fingerprint density at radius 3 is 2.69 bits per heavy atom. The summed E-state index contributed by atoms with van der Waals surface area (Å²) in [5.74, 6) is 0.221. The van der Waals surface area contributed by atoms with Crippen LogP contribution in [0.3, 0.4) is 0 Å². The van der Waals surface area contributed by atoms with Gasteiger partial charge in [0.25, 0.3) is 11.5 Å². The Labute approximate surface area is 181 Å². The van der Waals surface area contributed by atoms with E-state index in [4.69, 9.17) is 4.42 Å². The van der Waals surface area contributed by atoms with Gasteiger partial charge in [0.15, 0.2) is 11.5 Å². The van der Waals surface area contributed by atoms with Gasteiger partial charge in [-0.2, -0.15) is 10.2 Å². The Morgan fingerprint density at radius 1 is 1.06 bits per heavy atom. The summed E-state index contributed by atoms with van der Waals surface area (Å²) < 4.78 is 6.68. The number of aromatic amines is 1. The predicted octanol–water partition coefficient (Wildman–Crippen LogP) is 2.75. The molecule has 0 saturated heterocycles. The third-order valence-corrected chi connectivity index (χ3v) is 5.00. The summed E-state index contributed by atoms with van der Waals surface area (Å²) in [6.07, 6.45) is 3.22. The van der Waals surface area contributed by atoms with E-state index in [0.717, 1.165) is 0 Å². The molecule has 0 saturated carbocycles. The number of hydrogen-bond acceptors (Lipinski definition) is 6. The Morgan fingerprint density at radius 2 is 1.91 bits per heavy atom. The monoisotopic (exact) mass is 426 g/mol. The summed E-state index contributed by atoms with van der Waals surface area (Å²) >= 11 is 0. The summed E-state index contributed by atoms with van der Waals surface area (Å²) in [6, 6.07) is 17.9. The highest BCUT2D eigenvalue weighted by Crippen LogP contribution is 2.18. The first kappa shape index (κ1) is 19.4. The molecule has 9 heteroatoms. The Balaban J connectivity index is 1.41. The normalized spacial score (nSPS) is 11.0. The lowest BCUT2D eigenvalue weighted by molar-refractivity contribution is 0.0945. The number of aromatic nitrogens is 5. The van der Waals surface area contributed by atoms with Crippen LogP contribution < -0.4 is 10.9 Å². The molecule has 0 fully saturated rings. The van der Waals surface area contributed by atoms with Crippen molar-refractivity contribution in [3.63, 3.8) is 0 Å². The molecule has 1 aromatic carbocycles. The molecule has 5 rings (SSSR count). The quantitative estimate of drug-likeness (QED) is 0.431. The molecule has 1 amide bonds. The van der Waals surface area contributed by atoms with Crippen LogP contribution in [0.25, 0.3) is 22.2 Å². The molecule has 158 valence electrons. The highest BCUT2D eigenvalue weighted by Gasteiger charge is 2.15. The molecular formula is C23H18N6O3. The minimum Gasteiger partial charge on any atom is -0.463 e. The molecule has 2 N–H and O–H groups in total. The van der Waals surface area contributed by atoms with Crippen molar-refractivity contribution in [2.75, 3.05) is 0 Å². The van der Waals surface area contributed by atoms with Crippen LogP contribution >= 0.6 is 0 Å². The number of amides is 1. The number of benzene rings is 1. The molecule has 4 heterocycles. The lowest BCUT2D eigenvalue weighted by atomic mass is 10.1. The second-order valence-electron chi connectivity index (χ2n) is 7.10. The fraction of sp³-hybridized carbons (Fsp3) is 0.0870. The fourth-order valence-corrected chi connectivity index (χ4v) is 3.44. The van der Waals surface area contributed by atoms with E-state index in [-0.39, 0.29) is 30.2 Å². The van der Waals surface area contributed by atoms with Crippen molar-refractivity contribution in [1.82, 2.24) is 30.3 Å². The number of carbonyl (C=O) groups is 1. The molecule has 32 heavy (non-hydrogen) atoms. The maximum atomic E-state index is 12.9. The van der Waals surface area contributed by atoms with Gasteiger partial charge in [-0.05, 0) is 30.3 Å². The van der Waals surface area contributed by atoms with Gasteiger partial charge in [0.1, 0.15) is 5.69 Å². The van der Waals surface area contributed by atoms with E-state index in [1.165, 1.54) is 4.68 Å². The number of pyridine rings is 1. The number of hydrogen-bond donors (Lipinski definition) is 2. The van der Waals surface area contributed by atoms with Crippen LogP contribution in [0.5, 0.6) is 0 Å². The molecular weight excluding hydrogens is 408 g/mol. The molecule has 0 aliphatic heterocycles. The van der Waals surface area contributed by atoms with Crippen molar-refractivity contribution >= 4 is 16.7 Å². The zero-order valence-electron chi connectivity index (χ0n) is 16.9. The summed E-state index contributed by atoms with van der Waals surface area (Å²) in [5, 5.41) is 15.4. The Bertz CT molecular complexity index is 1440. The molecule has 0 radical (unpaired) electrons. The first-order valence-corrected chi connectivity index (χ1v) is 9.95. The van der Waals surface area contributed by atoms with Crippen LogP contribution in [0.1, 0.15) is 21.9 Å². The van der Waals surface area contributed by atoms with Crippen LogP contribution in [0, 0.1) is 0 Å². The highest BCUT2D eigenvalue weighted by molar-refractivity contribution is 5.93. The van der Waals surface area contributed by atoms with Crippen molar-refractivity contribution in [3.8, 4) is 11.5 Å². The second-order valence-corrected chi connectivity index (χ2v) is 7.10. The zero-order chi connectivity index (χ0) is 21.9. The summed E-state index contributed by atoms with van der Waals surface area (Å²) in [6.45, 7) is 0.363. The highest BCUT2D eigenvalue weighted by atomic mass is 16.3. The van der Waals surface area contributed by atoms with Gasteiger partial charge in [-0.3, -0.25) is 19.7 Å². The van der Waals surface area contributed by atoms with E-state index < -0.39 is 0 Å². The molecule has 0 aliphatic carbocycles. The molecule has 0 bridgehead atoms. The van der Waals surface area contributed by atoms with Gasteiger partial charge in [-0.25, -0.2) is 4.68 Å². The van der Waals surface area contributed by atoms with Gasteiger partial charge in [-0.1, -0.05) is 24.3 Å². The number of H-pyrrole nitrogens is 1. The van der Waals surface area contributed by atoms with E-state index in [1.807, 2.05) is 30.3 Å². The summed E-state index contributed by atoms with van der Waals surface area (Å²) in [4.78, 5) is 29.8. The van der Waals surface area contributed by atoms with Gasteiger partial charge in [0.2, 0.25) is 0 Å². The van der Waals surface area contributed by atoms with Crippen LogP contribution in [0.15, 0.2) is 82.3 Å². The fourth-order valence-electron chi connectivity index (χ4n) is 3.44. The maximum Gasteiger partial charge on any atom is 0.275 e. The molecule has 4 aromatic heterocycles. The van der Waals surface area contributed by atoms with E-state index >= 15 is 0 Å². The predicted molar refractivity (Wildman–Crippen MR) is 117 cm³/mol. The largest absolute Gasteiger partial charge is 0.463 e. The summed E-state index contributed by atoms with van der Waals surface area (Å²) in [7, 11) is 0. The SMILES string of the molecule is O=C(NCc1nn(Cc2ccccn2)c(=O)c2ccccc12)c1cc(-c2ccco2)[nH]n1. The summed E-state index contributed by atoms with van der Waals surface area (Å²) in [5.41, 5.74) is 1.91.